The summed E-state index contributed by atoms with van der Waals surface area (Å²) in [5.74, 6) is 0.608. The number of aryl methyl sites for hydroxylation is 2. The third kappa shape index (κ3) is 3.37. The molecule has 126 valence electrons. The number of urea groups is 1. The Labute approximate surface area is 139 Å². The van der Waals surface area contributed by atoms with E-state index in [1.807, 2.05) is 13.1 Å². The van der Waals surface area contributed by atoms with Gasteiger partial charge in [-0.3, -0.25) is 0 Å². The molecule has 0 aliphatic heterocycles. The van der Waals surface area contributed by atoms with Crippen LogP contribution in [0.1, 0.15) is 29.9 Å². The highest BCUT2D eigenvalue weighted by atomic mass is 16.2. The molecule has 24 heavy (non-hydrogen) atoms. The molecule has 0 bridgehead atoms. The van der Waals surface area contributed by atoms with Gasteiger partial charge < -0.3 is 15.6 Å². The molecule has 2 aromatic heterocycles. The first-order valence-corrected chi connectivity index (χ1v) is 7.88. The molecule has 0 aliphatic carbocycles. The highest BCUT2D eigenvalue weighted by Gasteiger charge is 2.14. The van der Waals surface area contributed by atoms with E-state index < -0.39 is 0 Å². The number of aromatic amines is 1. The minimum absolute atomic E-state index is 0.235. The number of H-pyrrole nitrogens is 1. The number of hydrogen-bond acceptors (Lipinski definition) is 4. The Kier molecular flexibility index (Phi) is 4.45. The minimum Gasteiger partial charge on any atom is -0.361 e. The number of nitrogens with one attached hydrogen (secondary N) is 3. The summed E-state index contributed by atoms with van der Waals surface area (Å²) < 4.78 is 1.54. The number of aromatic nitrogens is 5. The van der Waals surface area contributed by atoms with Crippen LogP contribution >= 0.6 is 0 Å². The Hall–Kier alpha value is -2.90. The van der Waals surface area contributed by atoms with Gasteiger partial charge in [0.1, 0.15) is 0 Å². The van der Waals surface area contributed by atoms with Crippen molar-refractivity contribution in [1.29, 1.82) is 0 Å². The van der Waals surface area contributed by atoms with Crippen LogP contribution in [0, 0.1) is 6.92 Å². The van der Waals surface area contributed by atoms with Crippen LogP contribution in [0.25, 0.3) is 10.9 Å². The molecule has 0 fully saturated rings. The molecule has 0 aliphatic rings. The van der Waals surface area contributed by atoms with Crippen molar-refractivity contribution in [3.05, 3.63) is 41.3 Å². The lowest BCUT2D eigenvalue weighted by Crippen LogP contribution is -2.38. The van der Waals surface area contributed by atoms with Crippen LogP contribution < -0.4 is 10.6 Å². The summed E-state index contributed by atoms with van der Waals surface area (Å²) in [6.45, 7) is 4.46. The number of fused-ring (bicyclic) bond motifs is 1. The normalized spacial score (nSPS) is 12.3. The second kappa shape index (κ2) is 6.69. The number of rotatable bonds is 5. The Morgan fingerprint density at radius 3 is 3.00 bits per heavy atom. The first-order valence-electron chi connectivity index (χ1n) is 7.88. The van der Waals surface area contributed by atoms with Crippen molar-refractivity contribution in [2.75, 3.05) is 6.54 Å². The fourth-order valence-electron chi connectivity index (χ4n) is 2.73. The number of carbonyl (C=O) groups is 1. The van der Waals surface area contributed by atoms with E-state index in [1.165, 1.54) is 16.5 Å². The number of benzene rings is 1. The molecule has 2 heterocycles. The molecule has 0 saturated heterocycles. The largest absolute Gasteiger partial charge is 0.361 e. The molecule has 0 spiro atoms. The Morgan fingerprint density at radius 1 is 1.42 bits per heavy atom. The van der Waals surface area contributed by atoms with E-state index in [4.69, 9.17) is 0 Å². The summed E-state index contributed by atoms with van der Waals surface area (Å²) >= 11 is 0. The van der Waals surface area contributed by atoms with E-state index in [0.717, 1.165) is 11.9 Å². The molecule has 8 nitrogen and oxygen atoms in total. The number of tetrazole rings is 1. The predicted molar refractivity (Wildman–Crippen MR) is 90.5 cm³/mol. The van der Waals surface area contributed by atoms with Crippen molar-refractivity contribution in [3.8, 4) is 0 Å². The maximum atomic E-state index is 12.0. The average Bonchev–Trinajstić information content (AvgIpc) is 3.13. The number of amides is 2. The second-order valence-electron chi connectivity index (χ2n) is 5.90. The van der Waals surface area contributed by atoms with Gasteiger partial charge in [0.05, 0.1) is 6.04 Å². The zero-order valence-corrected chi connectivity index (χ0v) is 14.0. The van der Waals surface area contributed by atoms with E-state index in [9.17, 15) is 4.79 Å². The van der Waals surface area contributed by atoms with Crippen molar-refractivity contribution >= 4 is 16.9 Å². The average molecular weight is 327 g/mol. The van der Waals surface area contributed by atoms with Gasteiger partial charge in [0, 0.05) is 30.7 Å². The van der Waals surface area contributed by atoms with Crippen molar-refractivity contribution in [3.63, 3.8) is 0 Å². The van der Waals surface area contributed by atoms with E-state index in [1.54, 1.807) is 11.7 Å². The van der Waals surface area contributed by atoms with E-state index >= 15 is 0 Å². The summed E-state index contributed by atoms with van der Waals surface area (Å²) in [5.41, 5.74) is 3.54. The van der Waals surface area contributed by atoms with Gasteiger partial charge in [-0.25, -0.2) is 9.48 Å². The molecule has 8 heteroatoms. The van der Waals surface area contributed by atoms with Crippen molar-refractivity contribution in [2.24, 2.45) is 7.05 Å². The summed E-state index contributed by atoms with van der Waals surface area (Å²) in [5, 5.41) is 18.1. The Bertz CT molecular complexity index is 851. The molecule has 0 saturated carbocycles. The van der Waals surface area contributed by atoms with Crippen LogP contribution in [0.15, 0.2) is 24.4 Å². The monoisotopic (exact) mass is 327 g/mol. The molecule has 0 radical (unpaired) electrons. The van der Waals surface area contributed by atoms with Gasteiger partial charge in [0.2, 0.25) is 0 Å². The van der Waals surface area contributed by atoms with E-state index in [2.05, 4.69) is 56.3 Å². The standard InChI is InChI=1S/C16H21N7O/c1-10-4-5-13-12(9-18-14(13)8-10)6-7-17-16(24)19-11(2)15-20-21-22-23(15)3/h4-5,8-9,11,18H,6-7H2,1-3H3,(H2,17,19,24). The fraction of sp³-hybridized carbons (Fsp3) is 0.375. The predicted octanol–water partition coefficient (Wildman–Crippen LogP) is 1.60. The van der Waals surface area contributed by atoms with Gasteiger partial charge >= 0.3 is 6.03 Å². The summed E-state index contributed by atoms with van der Waals surface area (Å²) in [7, 11) is 1.74. The number of nitrogens with zero attached hydrogens (tertiary/aromatic N) is 4. The van der Waals surface area contributed by atoms with Gasteiger partial charge in [-0.1, -0.05) is 12.1 Å². The second-order valence-corrected chi connectivity index (χ2v) is 5.90. The molecule has 1 aromatic carbocycles. The first-order chi connectivity index (χ1) is 11.5. The fourth-order valence-corrected chi connectivity index (χ4v) is 2.73. The maximum Gasteiger partial charge on any atom is 0.315 e. The lowest BCUT2D eigenvalue weighted by molar-refractivity contribution is 0.237. The third-order valence-corrected chi connectivity index (χ3v) is 3.99. The van der Waals surface area contributed by atoms with Crippen LogP contribution in [-0.4, -0.2) is 37.8 Å². The van der Waals surface area contributed by atoms with Gasteiger partial charge in [-0.15, -0.1) is 5.10 Å². The number of carbonyl (C=O) groups excluding carboxylic acids is 1. The van der Waals surface area contributed by atoms with Gasteiger partial charge in [0.25, 0.3) is 0 Å². The quantitative estimate of drug-likeness (QED) is 0.662. The smallest absolute Gasteiger partial charge is 0.315 e. The van der Waals surface area contributed by atoms with Crippen LogP contribution in [0.2, 0.25) is 0 Å². The summed E-state index contributed by atoms with van der Waals surface area (Å²) in [6, 6.07) is 5.83. The first kappa shape index (κ1) is 16.0. The topological polar surface area (TPSA) is 101 Å². The SMILES string of the molecule is Cc1ccc2c(CCNC(=O)NC(C)c3nnnn3C)c[nH]c2c1. The summed E-state index contributed by atoms with van der Waals surface area (Å²) in [4.78, 5) is 15.3. The van der Waals surface area contributed by atoms with Crippen LogP contribution in [-0.2, 0) is 13.5 Å². The molecule has 1 unspecified atom stereocenters. The zero-order chi connectivity index (χ0) is 17.1. The maximum absolute atomic E-state index is 12.0. The van der Waals surface area contributed by atoms with Crippen LogP contribution in [0.4, 0.5) is 4.79 Å². The van der Waals surface area contributed by atoms with E-state index in [-0.39, 0.29) is 12.1 Å². The lowest BCUT2D eigenvalue weighted by Gasteiger charge is -2.13. The minimum atomic E-state index is -0.263. The zero-order valence-electron chi connectivity index (χ0n) is 14.0. The van der Waals surface area contributed by atoms with Crippen LogP contribution in [0.3, 0.4) is 0 Å². The molecule has 1 atom stereocenters. The highest BCUT2D eigenvalue weighted by Crippen LogP contribution is 2.19. The Morgan fingerprint density at radius 2 is 2.25 bits per heavy atom. The summed E-state index contributed by atoms with van der Waals surface area (Å²) in [6.07, 6.45) is 2.76. The lowest BCUT2D eigenvalue weighted by atomic mass is 10.1. The molecule has 2 amide bonds. The van der Waals surface area contributed by atoms with Gasteiger partial charge in [-0.2, -0.15) is 0 Å². The highest BCUT2D eigenvalue weighted by molar-refractivity contribution is 5.83. The molecule has 3 N–H and O–H groups in total. The van der Waals surface area contributed by atoms with Gasteiger partial charge in [0.15, 0.2) is 5.82 Å². The van der Waals surface area contributed by atoms with Crippen molar-refractivity contribution in [2.45, 2.75) is 26.3 Å². The molecule has 3 aromatic rings. The van der Waals surface area contributed by atoms with Crippen LogP contribution in [0.5, 0.6) is 0 Å². The molecular weight excluding hydrogens is 306 g/mol. The molecule has 3 rings (SSSR count). The van der Waals surface area contributed by atoms with Crippen molar-refractivity contribution in [1.82, 2.24) is 35.8 Å². The molecular formula is C16H21N7O. The van der Waals surface area contributed by atoms with E-state index in [0.29, 0.717) is 12.4 Å². The van der Waals surface area contributed by atoms with Gasteiger partial charge in [-0.05, 0) is 47.9 Å². The number of hydrogen-bond donors (Lipinski definition) is 3. The Balaban J connectivity index is 1.52. The van der Waals surface area contributed by atoms with Crippen molar-refractivity contribution < 1.29 is 4.79 Å². The third-order valence-electron chi connectivity index (χ3n) is 3.99.